The third-order valence-electron chi connectivity index (χ3n) is 3.82. The number of aryl methyl sites for hydroxylation is 1. The van der Waals surface area contributed by atoms with Crippen LogP contribution in [0.5, 0.6) is 0 Å². The summed E-state index contributed by atoms with van der Waals surface area (Å²) in [6.45, 7) is 0.589. The molecule has 4 nitrogen and oxygen atoms in total. The molecule has 5 heteroatoms. The van der Waals surface area contributed by atoms with Crippen molar-refractivity contribution in [3.8, 4) is 0 Å². The summed E-state index contributed by atoms with van der Waals surface area (Å²) < 4.78 is 0. The van der Waals surface area contributed by atoms with Crippen LogP contribution in [0.15, 0.2) is 54.6 Å². The van der Waals surface area contributed by atoms with E-state index < -0.39 is 0 Å². The second kappa shape index (κ2) is 7.32. The largest absolute Gasteiger partial charge is 0.383 e. The first-order valence-electron chi connectivity index (χ1n) is 7.81. The van der Waals surface area contributed by atoms with E-state index in [1.54, 1.807) is 18.2 Å². The molecule has 0 fully saturated rings. The quantitative estimate of drug-likeness (QED) is 0.694. The van der Waals surface area contributed by atoms with Gasteiger partial charge in [-0.05, 0) is 36.6 Å². The molecule has 0 aliphatic heterocycles. The number of nitrogens with zero attached hydrogens (tertiary/aromatic N) is 1. The van der Waals surface area contributed by atoms with Crippen LogP contribution >= 0.6 is 11.6 Å². The fraction of sp³-hybridized carbons (Fsp3) is 0.158. The lowest BCUT2D eigenvalue weighted by molar-refractivity contribution is 0.0954. The summed E-state index contributed by atoms with van der Waals surface area (Å²) in [4.78, 5) is 16.6. The van der Waals surface area contributed by atoms with Gasteiger partial charge in [-0.1, -0.05) is 48.0 Å². The molecule has 0 spiro atoms. The Bertz CT molecular complexity index is 865. The zero-order valence-corrected chi connectivity index (χ0v) is 13.9. The monoisotopic (exact) mass is 339 g/mol. The number of halogens is 1. The SMILES string of the molecule is Nc1nc2cc(Cl)ccc2cc1C(=O)NCCCc1ccccc1. The van der Waals surface area contributed by atoms with Crippen molar-refractivity contribution in [2.75, 3.05) is 12.3 Å². The van der Waals surface area contributed by atoms with Crippen molar-refractivity contribution in [3.05, 3.63) is 70.7 Å². The molecule has 3 aromatic rings. The summed E-state index contributed by atoms with van der Waals surface area (Å²) in [6.07, 6.45) is 1.79. The fourth-order valence-corrected chi connectivity index (χ4v) is 2.74. The Morgan fingerprint density at radius 2 is 1.92 bits per heavy atom. The van der Waals surface area contributed by atoms with Crippen LogP contribution in [0.25, 0.3) is 10.9 Å². The van der Waals surface area contributed by atoms with Crippen LogP contribution < -0.4 is 11.1 Å². The molecule has 2 aromatic carbocycles. The highest BCUT2D eigenvalue weighted by Crippen LogP contribution is 2.21. The normalized spacial score (nSPS) is 10.7. The second-order valence-corrected chi connectivity index (χ2v) is 6.04. The summed E-state index contributed by atoms with van der Waals surface area (Å²) in [5.41, 5.74) is 8.25. The van der Waals surface area contributed by atoms with Gasteiger partial charge in [-0.3, -0.25) is 4.79 Å². The molecule has 0 aliphatic carbocycles. The number of carbonyl (C=O) groups excluding carboxylic acids is 1. The van der Waals surface area contributed by atoms with E-state index in [0.717, 1.165) is 18.2 Å². The Morgan fingerprint density at radius 1 is 1.12 bits per heavy atom. The molecular weight excluding hydrogens is 322 g/mol. The highest BCUT2D eigenvalue weighted by Gasteiger charge is 2.12. The molecule has 1 aromatic heterocycles. The molecule has 24 heavy (non-hydrogen) atoms. The minimum atomic E-state index is -0.204. The van der Waals surface area contributed by atoms with Gasteiger partial charge in [-0.25, -0.2) is 4.98 Å². The average molecular weight is 340 g/mol. The Balaban J connectivity index is 1.63. The number of rotatable bonds is 5. The molecule has 0 atom stereocenters. The molecule has 3 rings (SSSR count). The first-order chi connectivity index (χ1) is 11.6. The minimum Gasteiger partial charge on any atom is -0.383 e. The Kier molecular flexibility index (Phi) is 4.96. The van der Waals surface area contributed by atoms with E-state index in [2.05, 4.69) is 22.4 Å². The molecule has 3 N–H and O–H groups in total. The topological polar surface area (TPSA) is 68.0 Å². The van der Waals surface area contributed by atoms with Crippen molar-refractivity contribution in [1.82, 2.24) is 10.3 Å². The summed E-state index contributed by atoms with van der Waals surface area (Å²) in [5, 5.41) is 4.33. The lowest BCUT2D eigenvalue weighted by Gasteiger charge is -2.09. The highest BCUT2D eigenvalue weighted by molar-refractivity contribution is 6.31. The Morgan fingerprint density at radius 3 is 2.71 bits per heavy atom. The van der Waals surface area contributed by atoms with E-state index >= 15 is 0 Å². The zero-order valence-electron chi connectivity index (χ0n) is 13.1. The van der Waals surface area contributed by atoms with Crippen LogP contribution in [0.1, 0.15) is 22.3 Å². The second-order valence-electron chi connectivity index (χ2n) is 5.60. The third kappa shape index (κ3) is 3.84. The van der Waals surface area contributed by atoms with E-state index in [0.29, 0.717) is 22.6 Å². The molecule has 122 valence electrons. The van der Waals surface area contributed by atoms with Crippen molar-refractivity contribution in [2.45, 2.75) is 12.8 Å². The number of fused-ring (bicyclic) bond motifs is 1. The van der Waals surface area contributed by atoms with Crippen LogP contribution in [-0.4, -0.2) is 17.4 Å². The van der Waals surface area contributed by atoms with Crippen molar-refractivity contribution in [2.24, 2.45) is 0 Å². The number of carbonyl (C=O) groups is 1. The Labute approximate surface area is 145 Å². The molecule has 0 unspecified atom stereocenters. The molecule has 0 radical (unpaired) electrons. The standard InChI is InChI=1S/C19H18ClN3O/c20-15-9-8-14-11-16(18(21)23-17(14)12-15)19(24)22-10-4-7-13-5-2-1-3-6-13/h1-3,5-6,8-9,11-12H,4,7,10H2,(H2,21,23)(H,22,24). The molecule has 0 aliphatic rings. The Hall–Kier alpha value is -2.59. The van der Waals surface area contributed by atoms with Crippen LogP contribution in [0, 0.1) is 0 Å². The van der Waals surface area contributed by atoms with Crippen molar-refractivity contribution in [3.63, 3.8) is 0 Å². The van der Waals surface area contributed by atoms with E-state index in [1.165, 1.54) is 5.56 Å². The maximum absolute atomic E-state index is 12.3. The van der Waals surface area contributed by atoms with Gasteiger partial charge in [0.25, 0.3) is 5.91 Å². The van der Waals surface area contributed by atoms with E-state index in [1.807, 2.05) is 24.3 Å². The van der Waals surface area contributed by atoms with Crippen LogP contribution in [0.4, 0.5) is 5.82 Å². The first-order valence-corrected chi connectivity index (χ1v) is 8.19. The highest BCUT2D eigenvalue weighted by atomic mass is 35.5. The number of pyridine rings is 1. The number of aromatic nitrogens is 1. The smallest absolute Gasteiger partial charge is 0.255 e. The maximum atomic E-state index is 12.3. The number of nitrogens with one attached hydrogen (secondary N) is 1. The van der Waals surface area contributed by atoms with Gasteiger partial charge in [0.15, 0.2) is 0 Å². The van der Waals surface area contributed by atoms with Gasteiger partial charge in [0.1, 0.15) is 5.82 Å². The fourth-order valence-electron chi connectivity index (χ4n) is 2.57. The van der Waals surface area contributed by atoms with Crippen molar-refractivity contribution in [1.29, 1.82) is 0 Å². The van der Waals surface area contributed by atoms with E-state index in [-0.39, 0.29) is 11.7 Å². The van der Waals surface area contributed by atoms with Gasteiger partial charge in [0.2, 0.25) is 0 Å². The number of nitrogens with two attached hydrogens (primary N) is 1. The average Bonchev–Trinajstić information content (AvgIpc) is 2.58. The number of benzene rings is 2. The number of nitrogen functional groups attached to an aromatic ring is 1. The number of anilines is 1. The van der Waals surface area contributed by atoms with Crippen LogP contribution in [-0.2, 0) is 6.42 Å². The first kappa shape index (κ1) is 16.3. The van der Waals surface area contributed by atoms with Crippen LogP contribution in [0.3, 0.4) is 0 Å². The maximum Gasteiger partial charge on any atom is 0.255 e. The van der Waals surface area contributed by atoms with E-state index in [4.69, 9.17) is 17.3 Å². The molecule has 1 amide bonds. The van der Waals surface area contributed by atoms with Crippen LogP contribution in [0.2, 0.25) is 5.02 Å². The summed E-state index contributed by atoms with van der Waals surface area (Å²) in [6, 6.07) is 17.3. The molecular formula is C19H18ClN3O. The molecule has 0 saturated heterocycles. The van der Waals surface area contributed by atoms with E-state index in [9.17, 15) is 4.79 Å². The molecule has 1 heterocycles. The lowest BCUT2D eigenvalue weighted by Crippen LogP contribution is -2.26. The van der Waals surface area contributed by atoms with Gasteiger partial charge < -0.3 is 11.1 Å². The predicted octanol–water partition coefficient (Wildman–Crippen LogP) is 3.83. The summed E-state index contributed by atoms with van der Waals surface area (Å²) >= 11 is 5.95. The summed E-state index contributed by atoms with van der Waals surface area (Å²) in [7, 11) is 0. The van der Waals surface area contributed by atoms with Gasteiger partial charge in [-0.15, -0.1) is 0 Å². The molecule has 0 saturated carbocycles. The lowest BCUT2D eigenvalue weighted by atomic mass is 10.1. The number of hydrogen-bond acceptors (Lipinski definition) is 3. The van der Waals surface area contributed by atoms with Gasteiger partial charge in [0, 0.05) is 17.0 Å². The van der Waals surface area contributed by atoms with Gasteiger partial charge in [0.05, 0.1) is 11.1 Å². The third-order valence-corrected chi connectivity index (χ3v) is 4.06. The number of amides is 1. The number of hydrogen-bond donors (Lipinski definition) is 2. The van der Waals surface area contributed by atoms with Gasteiger partial charge >= 0.3 is 0 Å². The summed E-state index contributed by atoms with van der Waals surface area (Å²) in [5.74, 6) is 0.00948. The molecule has 0 bridgehead atoms. The van der Waals surface area contributed by atoms with Crippen molar-refractivity contribution >= 4 is 34.2 Å². The predicted molar refractivity (Wildman–Crippen MR) is 98.3 cm³/mol. The zero-order chi connectivity index (χ0) is 16.9. The minimum absolute atomic E-state index is 0.204. The van der Waals surface area contributed by atoms with Gasteiger partial charge in [-0.2, -0.15) is 0 Å². The van der Waals surface area contributed by atoms with Crippen molar-refractivity contribution < 1.29 is 4.79 Å².